The van der Waals surface area contributed by atoms with Gasteiger partial charge in [0.05, 0.1) is 7.11 Å². The van der Waals surface area contributed by atoms with Gasteiger partial charge >= 0.3 is 0 Å². The Balaban J connectivity index is 2.53. The molecule has 118 valence electrons. The molecule has 3 nitrogen and oxygen atoms in total. The lowest BCUT2D eigenvalue weighted by Gasteiger charge is -2.14. The second-order valence-corrected chi connectivity index (χ2v) is 5.42. The molecule has 0 aliphatic heterocycles. The molecule has 0 heterocycles. The van der Waals surface area contributed by atoms with Crippen LogP contribution in [0.3, 0.4) is 0 Å². The van der Waals surface area contributed by atoms with Gasteiger partial charge < -0.3 is 10.5 Å². The Kier molecular flexibility index (Phi) is 7.98. The summed E-state index contributed by atoms with van der Waals surface area (Å²) in [6, 6.07) is 4.90. The highest BCUT2D eigenvalue weighted by molar-refractivity contribution is 5.81. The normalized spacial score (nSPS) is 12.2. The molecule has 0 radical (unpaired) electrons. The van der Waals surface area contributed by atoms with Gasteiger partial charge in [0.1, 0.15) is 5.78 Å². The summed E-state index contributed by atoms with van der Waals surface area (Å²) in [5.74, 6) is 0.326. The maximum Gasteiger partial charge on any atom is 0.168 e. The molecule has 1 atom stereocenters. The minimum Gasteiger partial charge on any atom is -0.494 e. The fraction of sp³-hybridized carbons (Fsp3) is 0.588. The lowest BCUT2D eigenvalue weighted by Crippen LogP contribution is -2.12. The standard InChI is InChI=1S/C17H26FNO2/c1-3-5-13(10-11-19)8-9-15(20)12-14-6-4-7-16(21-2)17(14)18/h4,6-7,13H,3,5,8-12,19H2,1-2H3. The van der Waals surface area contributed by atoms with Crippen LogP contribution >= 0.6 is 0 Å². The van der Waals surface area contributed by atoms with E-state index in [2.05, 4.69) is 6.92 Å². The van der Waals surface area contributed by atoms with E-state index in [1.54, 1.807) is 18.2 Å². The molecule has 1 rings (SSSR count). The van der Waals surface area contributed by atoms with E-state index in [0.29, 0.717) is 24.4 Å². The fourth-order valence-electron chi connectivity index (χ4n) is 2.59. The van der Waals surface area contributed by atoms with Crippen LogP contribution in [0.4, 0.5) is 4.39 Å². The number of rotatable bonds is 10. The first kappa shape index (κ1) is 17.6. The highest BCUT2D eigenvalue weighted by atomic mass is 19.1. The SMILES string of the molecule is CCCC(CCN)CCC(=O)Cc1cccc(OC)c1F. The summed E-state index contributed by atoms with van der Waals surface area (Å²) in [4.78, 5) is 12.0. The number of benzene rings is 1. The molecule has 0 spiro atoms. The van der Waals surface area contributed by atoms with E-state index in [0.717, 1.165) is 25.7 Å². The monoisotopic (exact) mass is 295 g/mol. The number of halogens is 1. The van der Waals surface area contributed by atoms with E-state index in [1.165, 1.54) is 7.11 Å². The summed E-state index contributed by atoms with van der Waals surface area (Å²) >= 11 is 0. The lowest BCUT2D eigenvalue weighted by molar-refractivity contribution is -0.118. The average Bonchev–Trinajstić information content (AvgIpc) is 2.47. The van der Waals surface area contributed by atoms with Gasteiger partial charge in [-0.15, -0.1) is 0 Å². The lowest BCUT2D eigenvalue weighted by atomic mass is 9.92. The van der Waals surface area contributed by atoms with Crippen molar-refractivity contribution in [3.63, 3.8) is 0 Å². The molecule has 1 aromatic carbocycles. The van der Waals surface area contributed by atoms with Crippen LogP contribution in [0, 0.1) is 11.7 Å². The zero-order valence-electron chi connectivity index (χ0n) is 13.0. The van der Waals surface area contributed by atoms with Crippen molar-refractivity contribution in [1.29, 1.82) is 0 Å². The van der Waals surface area contributed by atoms with Crippen LogP contribution in [0.1, 0.15) is 44.6 Å². The van der Waals surface area contributed by atoms with E-state index in [4.69, 9.17) is 10.5 Å². The Morgan fingerprint density at radius 1 is 1.33 bits per heavy atom. The molecule has 0 amide bonds. The summed E-state index contributed by atoms with van der Waals surface area (Å²) in [6.07, 6.45) is 4.61. The summed E-state index contributed by atoms with van der Waals surface area (Å²) < 4.78 is 18.9. The second-order valence-electron chi connectivity index (χ2n) is 5.42. The summed E-state index contributed by atoms with van der Waals surface area (Å²) in [5, 5.41) is 0. The Bertz CT molecular complexity index is 442. The van der Waals surface area contributed by atoms with Crippen LogP contribution in [-0.4, -0.2) is 19.4 Å². The molecule has 0 aliphatic rings. The first-order valence-corrected chi connectivity index (χ1v) is 7.65. The summed E-state index contributed by atoms with van der Waals surface area (Å²) in [7, 11) is 1.42. The molecule has 21 heavy (non-hydrogen) atoms. The Hall–Kier alpha value is -1.42. The molecular weight excluding hydrogens is 269 g/mol. The minimum atomic E-state index is -0.430. The third kappa shape index (κ3) is 5.84. The number of Topliss-reactive ketones (excluding diaryl/α,β-unsaturated/α-hetero) is 1. The smallest absolute Gasteiger partial charge is 0.168 e. The first-order chi connectivity index (χ1) is 10.1. The average molecular weight is 295 g/mol. The summed E-state index contributed by atoms with van der Waals surface area (Å²) in [5.41, 5.74) is 6.00. The number of methoxy groups -OCH3 is 1. The van der Waals surface area contributed by atoms with E-state index in [9.17, 15) is 9.18 Å². The molecule has 0 aromatic heterocycles. The van der Waals surface area contributed by atoms with Gasteiger partial charge in [0.15, 0.2) is 11.6 Å². The van der Waals surface area contributed by atoms with Gasteiger partial charge in [0, 0.05) is 12.8 Å². The van der Waals surface area contributed by atoms with Crippen molar-refractivity contribution in [3.8, 4) is 5.75 Å². The summed E-state index contributed by atoms with van der Waals surface area (Å²) in [6.45, 7) is 2.79. The van der Waals surface area contributed by atoms with Crippen molar-refractivity contribution in [2.24, 2.45) is 11.7 Å². The van der Waals surface area contributed by atoms with Crippen molar-refractivity contribution < 1.29 is 13.9 Å². The van der Waals surface area contributed by atoms with Gasteiger partial charge in [-0.05, 0) is 36.9 Å². The third-order valence-corrected chi connectivity index (χ3v) is 3.75. The zero-order valence-corrected chi connectivity index (χ0v) is 13.0. The van der Waals surface area contributed by atoms with Crippen molar-refractivity contribution in [1.82, 2.24) is 0 Å². The Morgan fingerprint density at radius 2 is 2.10 bits per heavy atom. The van der Waals surface area contributed by atoms with Crippen LogP contribution in [0.25, 0.3) is 0 Å². The highest BCUT2D eigenvalue weighted by Crippen LogP contribution is 2.22. The van der Waals surface area contributed by atoms with Gasteiger partial charge in [0.2, 0.25) is 0 Å². The van der Waals surface area contributed by atoms with Crippen LogP contribution < -0.4 is 10.5 Å². The predicted molar refractivity (Wildman–Crippen MR) is 83.0 cm³/mol. The van der Waals surface area contributed by atoms with E-state index in [1.807, 2.05) is 0 Å². The molecule has 0 aliphatic carbocycles. The maximum atomic E-state index is 14.0. The molecule has 2 N–H and O–H groups in total. The van der Waals surface area contributed by atoms with Gasteiger partial charge in [0.25, 0.3) is 0 Å². The van der Waals surface area contributed by atoms with Crippen LogP contribution in [0.2, 0.25) is 0 Å². The molecular formula is C17H26FNO2. The quantitative estimate of drug-likeness (QED) is 0.719. The van der Waals surface area contributed by atoms with Crippen LogP contribution in [0.5, 0.6) is 5.75 Å². The molecule has 4 heteroatoms. The molecule has 1 unspecified atom stereocenters. The van der Waals surface area contributed by atoms with E-state index < -0.39 is 5.82 Å². The largest absolute Gasteiger partial charge is 0.494 e. The van der Waals surface area contributed by atoms with E-state index in [-0.39, 0.29) is 18.0 Å². The number of ether oxygens (including phenoxy) is 1. The Labute approximate surface area is 126 Å². The first-order valence-electron chi connectivity index (χ1n) is 7.65. The zero-order chi connectivity index (χ0) is 15.7. The van der Waals surface area contributed by atoms with Crippen LogP contribution in [0.15, 0.2) is 18.2 Å². The van der Waals surface area contributed by atoms with Crippen molar-refractivity contribution in [2.45, 2.75) is 45.4 Å². The number of ketones is 1. The fourth-order valence-corrected chi connectivity index (χ4v) is 2.59. The van der Waals surface area contributed by atoms with Crippen LogP contribution in [-0.2, 0) is 11.2 Å². The molecule has 0 saturated carbocycles. The molecule has 0 saturated heterocycles. The van der Waals surface area contributed by atoms with Gasteiger partial charge in [-0.3, -0.25) is 4.79 Å². The highest BCUT2D eigenvalue weighted by Gasteiger charge is 2.14. The van der Waals surface area contributed by atoms with Crippen molar-refractivity contribution in [3.05, 3.63) is 29.6 Å². The maximum absolute atomic E-state index is 14.0. The van der Waals surface area contributed by atoms with Crippen molar-refractivity contribution in [2.75, 3.05) is 13.7 Å². The molecule has 1 aromatic rings. The number of carbonyl (C=O) groups is 1. The van der Waals surface area contributed by atoms with E-state index >= 15 is 0 Å². The van der Waals surface area contributed by atoms with Gasteiger partial charge in [-0.2, -0.15) is 0 Å². The third-order valence-electron chi connectivity index (χ3n) is 3.75. The predicted octanol–water partition coefficient (Wildman–Crippen LogP) is 3.49. The van der Waals surface area contributed by atoms with Gasteiger partial charge in [-0.25, -0.2) is 4.39 Å². The van der Waals surface area contributed by atoms with Crippen molar-refractivity contribution >= 4 is 5.78 Å². The number of hydrogen-bond donors (Lipinski definition) is 1. The number of nitrogens with two attached hydrogens (primary N) is 1. The number of carbonyl (C=O) groups excluding carboxylic acids is 1. The minimum absolute atomic E-state index is 0.0697. The Morgan fingerprint density at radius 3 is 2.71 bits per heavy atom. The molecule has 0 fully saturated rings. The second kappa shape index (κ2) is 9.50. The van der Waals surface area contributed by atoms with Gasteiger partial charge in [-0.1, -0.05) is 31.9 Å². The topological polar surface area (TPSA) is 52.3 Å². The molecule has 0 bridgehead atoms. The number of hydrogen-bond acceptors (Lipinski definition) is 3.